The minimum Gasteiger partial charge on any atom is -0.464 e. The Balaban J connectivity index is 3.00. The molecule has 1 fully saturated rings. The number of rotatable bonds is 1. The predicted molar refractivity (Wildman–Crippen MR) is 39.1 cm³/mol. The molecule has 2 atom stereocenters. The summed E-state index contributed by atoms with van der Waals surface area (Å²) in [6, 6.07) is -1.28. The average molecular weight is 213 g/mol. The number of hydrogen-bond acceptors (Lipinski definition) is 4. The minimum atomic E-state index is -4.29. The van der Waals surface area contributed by atoms with Gasteiger partial charge in [-0.15, -0.1) is 0 Å². The molecule has 0 aromatic heterocycles. The second-order valence-corrected chi connectivity index (χ2v) is 4.05. The molecule has 0 spiro atoms. The van der Waals surface area contributed by atoms with Crippen LogP contribution in [0.4, 0.5) is 9.18 Å². The lowest BCUT2D eigenvalue weighted by Crippen LogP contribution is -2.42. The molecule has 76 valence electrons. The maximum Gasteiger partial charge on any atom is 0.423 e. The molecule has 0 saturated carbocycles. The fourth-order valence-electron chi connectivity index (χ4n) is 1.00. The van der Waals surface area contributed by atoms with Crippen molar-refractivity contribution < 1.29 is 26.9 Å². The van der Waals surface area contributed by atoms with Gasteiger partial charge in [-0.3, -0.25) is 4.18 Å². The van der Waals surface area contributed by atoms with E-state index in [4.69, 9.17) is 5.11 Å². The second-order valence-electron chi connectivity index (χ2n) is 2.57. The molecule has 1 heterocycles. The molecule has 1 N–H and O–H groups in total. The van der Waals surface area contributed by atoms with Crippen LogP contribution in [-0.4, -0.2) is 42.7 Å². The molecule has 6 nitrogen and oxygen atoms in total. The smallest absolute Gasteiger partial charge is 0.423 e. The van der Waals surface area contributed by atoms with Crippen molar-refractivity contribution in [1.29, 1.82) is 0 Å². The molecule has 1 unspecified atom stereocenters. The lowest BCUT2D eigenvalue weighted by molar-refractivity contribution is 0.142. The highest BCUT2D eigenvalue weighted by atomic mass is 32.2. The van der Waals surface area contributed by atoms with Crippen molar-refractivity contribution in [1.82, 2.24) is 4.31 Å². The van der Waals surface area contributed by atoms with Gasteiger partial charge in [-0.1, -0.05) is 0 Å². The fraction of sp³-hybridized carbons (Fsp3) is 0.800. The summed E-state index contributed by atoms with van der Waals surface area (Å²) in [5, 5.41) is 8.47. The average Bonchev–Trinajstić information content (AvgIpc) is 2.24. The molecular formula is C5H8FNO5S. The zero-order chi connectivity index (χ0) is 10.2. The van der Waals surface area contributed by atoms with E-state index in [1.54, 1.807) is 0 Å². The Morgan fingerprint density at radius 1 is 1.77 bits per heavy atom. The van der Waals surface area contributed by atoms with Crippen molar-refractivity contribution in [2.24, 2.45) is 0 Å². The Kier molecular flexibility index (Phi) is 2.44. The first-order valence-corrected chi connectivity index (χ1v) is 4.78. The maximum absolute atomic E-state index is 12.7. The van der Waals surface area contributed by atoms with Crippen LogP contribution in [0.15, 0.2) is 0 Å². The van der Waals surface area contributed by atoms with E-state index in [9.17, 15) is 17.6 Å². The van der Waals surface area contributed by atoms with E-state index in [1.165, 1.54) is 0 Å². The van der Waals surface area contributed by atoms with Gasteiger partial charge in [0.05, 0.1) is 6.61 Å². The van der Waals surface area contributed by atoms with Crippen molar-refractivity contribution in [3.8, 4) is 0 Å². The van der Waals surface area contributed by atoms with Gasteiger partial charge in [-0.25, -0.2) is 9.18 Å². The van der Waals surface area contributed by atoms with Gasteiger partial charge >= 0.3 is 16.4 Å². The summed E-state index contributed by atoms with van der Waals surface area (Å²) in [5.41, 5.74) is 0. The highest BCUT2D eigenvalue weighted by molar-refractivity contribution is 7.85. The summed E-state index contributed by atoms with van der Waals surface area (Å²) in [4.78, 5) is 10.4. The monoisotopic (exact) mass is 213 g/mol. The van der Waals surface area contributed by atoms with Crippen LogP contribution in [-0.2, 0) is 14.5 Å². The molecule has 0 bridgehead atoms. The Bertz CT molecular complexity index is 313. The Morgan fingerprint density at radius 2 is 2.31 bits per heavy atom. The standard InChI is InChI=1S/C5H8FNO5S/c1-3(6)4-2-12-13(10,11)7(4)5(8)9/h3-4H,2H2,1H3,(H,8,9)/t3?,4-/m0/s1. The Morgan fingerprint density at radius 3 is 2.62 bits per heavy atom. The van der Waals surface area contributed by atoms with Crippen LogP contribution in [0, 0.1) is 0 Å². The van der Waals surface area contributed by atoms with Gasteiger partial charge in [0, 0.05) is 0 Å². The van der Waals surface area contributed by atoms with Crippen molar-refractivity contribution in [3.05, 3.63) is 0 Å². The quantitative estimate of drug-likeness (QED) is 0.661. The molecule has 1 aliphatic heterocycles. The molecule has 13 heavy (non-hydrogen) atoms. The van der Waals surface area contributed by atoms with E-state index in [0.29, 0.717) is 0 Å². The fourth-order valence-corrected chi connectivity index (χ4v) is 2.18. The van der Waals surface area contributed by atoms with E-state index in [0.717, 1.165) is 6.92 Å². The summed E-state index contributed by atoms with van der Waals surface area (Å²) in [6.45, 7) is 0.608. The van der Waals surface area contributed by atoms with E-state index in [2.05, 4.69) is 4.18 Å². The third-order valence-corrected chi connectivity index (χ3v) is 2.99. The van der Waals surface area contributed by atoms with Gasteiger partial charge in [0.25, 0.3) is 0 Å². The van der Waals surface area contributed by atoms with Gasteiger partial charge in [0.15, 0.2) is 0 Å². The van der Waals surface area contributed by atoms with Crippen molar-refractivity contribution in [3.63, 3.8) is 0 Å². The van der Waals surface area contributed by atoms with Crippen LogP contribution in [0.2, 0.25) is 0 Å². The van der Waals surface area contributed by atoms with Crippen LogP contribution in [0.25, 0.3) is 0 Å². The van der Waals surface area contributed by atoms with Gasteiger partial charge in [-0.2, -0.15) is 12.7 Å². The van der Waals surface area contributed by atoms with Gasteiger partial charge < -0.3 is 5.11 Å². The highest BCUT2D eigenvalue weighted by Crippen LogP contribution is 2.22. The van der Waals surface area contributed by atoms with E-state index in [1.807, 2.05) is 0 Å². The molecular weight excluding hydrogens is 205 g/mol. The number of carboxylic acid groups (broad SMARTS) is 1. The van der Waals surface area contributed by atoms with Crippen molar-refractivity contribution in [2.75, 3.05) is 6.61 Å². The molecule has 1 saturated heterocycles. The first-order chi connectivity index (χ1) is 5.86. The van der Waals surface area contributed by atoms with E-state index in [-0.39, 0.29) is 4.31 Å². The molecule has 0 aromatic carbocycles. The minimum absolute atomic E-state index is 0.00231. The normalized spacial score (nSPS) is 28.8. The maximum atomic E-state index is 12.7. The Labute approximate surface area is 74.2 Å². The van der Waals surface area contributed by atoms with Gasteiger partial charge in [-0.05, 0) is 6.92 Å². The zero-order valence-corrected chi connectivity index (χ0v) is 7.49. The second kappa shape index (κ2) is 3.11. The SMILES string of the molecule is CC(F)[C@@H]1COS(=O)(=O)N1C(=O)O. The zero-order valence-electron chi connectivity index (χ0n) is 6.68. The lowest BCUT2D eigenvalue weighted by Gasteiger charge is -2.17. The van der Waals surface area contributed by atoms with E-state index >= 15 is 0 Å². The number of amides is 1. The Hall–Kier alpha value is -0.890. The molecule has 8 heteroatoms. The first kappa shape index (κ1) is 10.2. The molecule has 1 amide bonds. The van der Waals surface area contributed by atoms with Gasteiger partial charge in [0.2, 0.25) is 0 Å². The number of carbonyl (C=O) groups is 1. The van der Waals surface area contributed by atoms with Crippen molar-refractivity contribution in [2.45, 2.75) is 19.1 Å². The highest BCUT2D eigenvalue weighted by Gasteiger charge is 2.45. The van der Waals surface area contributed by atoms with Crippen LogP contribution >= 0.6 is 0 Å². The molecule has 1 aliphatic rings. The number of alkyl halides is 1. The lowest BCUT2D eigenvalue weighted by atomic mass is 10.2. The summed E-state index contributed by atoms with van der Waals surface area (Å²) in [7, 11) is -4.29. The largest absolute Gasteiger partial charge is 0.464 e. The predicted octanol–water partition coefficient (Wildman–Crippen LogP) is -0.0320. The van der Waals surface area contributed by atoms with Crippen LogP contribution in [0.3, 0.4) is 0 Å². The molecule has 0 radical (unpaired) electrons. The van der Waals surface area contributed by atoms with Crippen molar-refractivity contribution >= 4 is 16.4 Å². The summed E-state index contributed by atoms with van der Waals surface area (Å²) in [5.74, 6) is 0. The number of halogens is 1. The van der Waals surface area contributed by atoms with Crippen LogP contribution in [0.5, 0.6) is 0 Å². The third-order valence-electron chi connectivity index (χ3n) is 1.65. The summed E-state index contributed by atoms with van der Waals surface area (Å²) in [6.07, 6.45) is -3.32. The summed E-state index contributed by atoms with van der Waals surface area (Å²) >= 11 is 0. The van der Waals surface area contributed by atoms with E-state index < -0.39 is 35.2 Å². The topological polar surface area (TPSA) is 83.9 Å². The first-order valence-electron chi connectivity index (χ1n) is 3.42. The van der Waals surface area contributed by atoms with Crippen LogP contribution in [0.1, 0.15) is 6.92 Å². The van der Waals surface area contributed by atoms with Gasteiger partial charge in [0.1, 0.15) is 12.2 Å². The molecule has 0 aromatic rings. The summed E-state index contributed by atoms with van der Waals surface area (Å²) < 4.78 is 38.6. The molecule has 1 rings (SSSR count). The van der Waals surface area contributed by atoms with Crippen LogP contribution < -0.4 is 0 Å². The number of nitrogens with zero attached hydrogens (tertiary/aromatic N) is 1. The molecule has 0 aliphatic carbocycles. The third kappa shape index (κ3) is 1.73. The number of hydrogen-bond donors (Lipinski definition) is 1.